The summed E-state index contributed by atoms with van der Waals surface area (Å²) in [5.41, 5.74) is 1.13. The molecule has 1 amide bonds. The van der Waals surface area contributed by atoms with Gasteiger partial charge in [0.2, 0.25) is 5.91 Å². The molecule has 28 heavy (non-hydrogen) atoms. The number of carbonyl (C=O) groups excluding carboxylic acids is 1. The van der Waals surface area contributed by atoms with E-state index in [-0.39, 0.29) is 23.3 Å². The predicted octanol–water partition coefficient (Wildman–Crippen LogP) is 2.60. The monoisotopic (exact) mass is 381 g/mol. The number of phenolic OH excluding ortho intramolecular Hbond substituents is 1. The number of aromatic hydroxyl groups is 1. The molecule has 7 nitrogen and oxygen atoms in total. The molecule has 1 heterocycles. The van der Waals surface area contributed by atoms with Crippen LogP contribution < -0.4 is 10.9 Å². The number of phenols is 1. The molecular formula is C21H19NO6. The van der Waals surface area contributed by atoms with E-state index in [0.29, 0.717) is 22.1 Å². The summed E-state index contributed by atoms with van der Waals surface area (Å²) in [4.78, 5) is 36.4. The third-order valence-electron chi connectivity index (χ3n) is 4.70. The standard InChI is InChI=1S/C21H19NO6/c1-11-14-8-9-16(23)12(2)19(14)28-21(27)15(11)10-17(24)22-18(20(25)26)13-6-4-3-5-7-13/h3-9,18,23H,10H2,1-2H3,(H,22,24)(H,25,26)/t18-/m1/s1. The van der Waals surface area contributed by atoms with Crippen LogP contribution in [0.25, 0.3) is 11.0 Å². The first-order valence-corrected chi connectivity index (χ1v) is 8.61. The molecule has 0 unspecified atom stereocenters. The molecule has 0 saturated heterocycles. The SMILES string of the molecule is Cc1c(CC(=O)N[C@@H](C(=O)O)c2ccccc2)c(=O)oc2c(C)c(O)ccc12. The van der Waals surface area contributed by atoms with E-state index in [4.69, 9.17) is 4.42 Å². The van der Waals surface area contributed by atoms with E-state index in [9.17, 15) is 24.6 Å². The number of amides is 1. The second-order valence-corrected chi connectivity index (χ2v) is 6.51. The zero-order valence-electron chi connectivity index (χ0n) is 15.4. The summed E-state index contributed by atoms with van der Waals surface area (Å²) in [6.45, 7) is 3.31. The maximum absolute atomic E-state index is 12.5. The highest BCUT2D eigenvalue weighted by Gasteiger charge is 2.23. The van der Waals surface area contributed by atoms with Gasteiger partial charge in [0.1, 0.15) is 11.3 Å². The van der Waals surface area contributed by atoms with Gasteiger partial charge in [0.15, 0.2) is 6.04 Å². The Morgan fingerprint density at radius 2 is 1.75 bits per heavy atom. The molecule has 1 aromatic heterocycles. The van der Waals surface area contributed by atoms with Crippen molar-refractivity contribution in [3.05, 3.63) is 75.1 Å². The van der Waals surface area contributed by atoms with Crippen LogP contribution in [-0.2, 0) is 16.0 Å². The minimum absolute atomic E-state index is 0.00713. The Morgan fingerprint density at radius 3 is 2.39 bits per heavy atom. The van der Waals surface area contributed by atoms with E-state index in [1.54, 1.807) is 50.2 Å². The third-order valence-corrected chi connectivity index (χ3v) is 4.70. The van der Waals surface area contributed by atoms with Gasteiger partial charge in [0, 0.05) is 10.9 Å². The van der Waals surface area contributed by atoms with Crippen molar-refractivity contribution in [3.8, 4) is 5.75 Å². The van der Waals surface area contributed by atoms with Crippen LogP contribution in [0.15, 0.2) is 51.7 Å². The first-order valence-electron chi connectivity index (χ1n) is 8.61. The summed E-state index contributed by atoms with van der Waals surface area (Å²) in [7, 11) is 0. The van der Waals surface area contributed by atoms with Gasteiger partial charge >= 0.3 is 11.6 Å². The quantitative estimate of drug-likeness (QED) is 0.585. The number of fused-ring (bicyclic) bond motifs is 1. The Bertz CT molecular complexity index is 1120. The highest BCUT2D eigenvalue weighted by Crippen LogP contribution is 2.28. The van der Waals surface area contributed by atoms with Crippen LogP contribution in [-0.4, -0.2) is 22.1 Å². The second-order valence-electron chi connectivity index (χ2n) is 6.51. The van der Waals surface area contributed by atoms with E-state index in [2.05, 4.69) is 5.32 Å². The Labute approximate surface area is 160 Å². The van der Waals surface area contributed by atoms with Crippen LogP contribution in [0.2, 0.25) is 0 Å². The largest absolute Gasteiger partial charge is 0.508 e. The molecule has 2 aromatic carbocycles. The van der Waals surface area contributed by atoms with Crippen molar-refractivity contribution >= 4 is 22.8 Å². The Balaban J connectivity index is 1.92. The van der Waals surface area contributed by atoms with Gasteiger partial charge in [-0.15, -0.1) is 0 Å². The average molecular weight is 381 g/mol. The number of rotatable bonds is 5. The smallest absolute Gasteiger partial charge is 0.340 e. The molecule has 0 spiro atoms. The van der Waals surface area contributed by atoms with Crippen molar-refractivity contribution in [2.45, 2.75) is 26.3 Å². The molecular weight excluding hydrogens is 362 g/mol. The van der Waals surface area contributed by atoms with Crippen LogP contribution >= 0.6 is 0 Å². The Morgan fingerprint density at radius 1 is 1.07 bits per heavy atom. The maximum atomic E-state index is 12.5. The number of carboxylic acid groups (broad SMARTS) is 1. The summed E-state index contributed by atoms with van der Waals surface area (Å²) < 4.78 is 5.31. The van der Waals surface area contributed by atoms with Gasteiger partial charge in [0.25, 0.3) is 0 Å². The van der Waals surface area contributed by atoms with Crippen molar-refractivity contribution in [3.63, 3.8) is 0 Å². The number of benzene rings is 2. The zero-order chi connectivity index (χ0) is 20.4. The van der Waals surface area contributed by atoms with E-state index < -0.39 is 23.5 Å². The van der Waals surface area contributed by atoms with Gasteiger partial charge in [-0.3, -0.25) is 4.79 Å². The molecule has 0 radical (unpaired) electrons. The number of aliphatic carboxylic acids is 1. The molecule has 3 N–H and O–H groups in total. The number of carbonyl (C=O) groups is 2. The van der Waals surface area contributed by atoms with Crippen molar-refractivity contribution in [1.82, 2.24) is 5.32 Å². The van der Waals surface area contributed by atoms with Crippen molar-refractivity contribution in [1.29, 1.82) is 0 Å². The Kier molecular flexibility index (Phi) is 5.17. The lowest BCUT2D eigenvalue weighted by Crippen LogP contribution is -2.35. The van der Waals surface area contributed by atoms with Crippen LogP contribution in [0.4, 0.5) is 0 Å². The van der Waals surface area contributed by atoms with Crippen LogP contribution in [0.3, 0.4) is 0 Å². The lowest BCUT2D eigenvalue weighted by molar-refractivity contribution is -0.142. The summed E-state index contributed by atoms with van der Waals surface area (Å²) in [5, 5.41) is 22.3. The third kappa shape index (κ3) is 3.59. The molecule has 7 heteroatoms. The van der Waals surface area contributed by atoms with E-state index >= 15 is 0 Å². The lowest BCUT2D eigenvalue weighted by Gasteiger charge is -2.15. The molecule has 0 bridgehead atoms. The van der Waals surface area contributed by atoms with Gasteiger partial charge in [-0.05, 0) is 37.1 Å². The number of aryl methyl sites for hydroxylation is 2. The van der Waals surface area contributed by atoms with Gasteiger partial charge in [-0.1, -0.05) is 30.3 Å². The van der Waals surface area contributed by atoms with Crippen LogP contribution in [0.5, 0.6) is 5.75 Å². The number of hydrogen-bond acceptors (Lipinski definition) is 5. The van der Waals surface area contributed by atoms with Crippen molar-refractivity contribution in [2.75, 3.05) is 0 Å². The van der Waals surface area contributed by atoms with E-state index in [1.165, 1.54) is 6.07 Å². The van der Waals surface area contributed by atoms with Crippen molar-refractivity contribution in [2.24, 2.45) is 0 Å². The molecule has 3 rings (SSSR count). The minimum Gasteiger partial charge on any atom is -0.508 e. The highest BCUT2D eigenvalue weighted by atomic mass is 16.4. The lowest BCUT2D eigenvalue weighted by atomic mass is 10.0. The average Bonchev–Trinajstić information content (AvgIpc) is 2.67. The normalized spacial score (nSPS) is 11.9. The summed E-state index contributed by atoms with van der Waals surface area (Å²) >= 11 is 0. The highest BCUT2D eigenvalue weighted by molar-refractivity contribution is 5.89. The first kappa shape index (κ1) is 19.2. The topological polar surface area (TPSA) is 117 Å². The fourth-order valence-electron chi connectivity index (χ4n) is 3.09. The van der Waals surface area contributed by atoms with E-state index in [1.807, 2.05) is 0 Å². The summed E-state index contributed by atoms with van der Waals surface area (Å²) in [6, 6.07) is 10.2. The molecule has 0 aliphatic rings. The predicted molar refractivity (Wildman–Crippen MR) is 102 cm³/mol. The van der Waals surface area contributed by atoms with Crippen LogP contribution in [0.1, 0.15) is 28.3 Å². The number of hydrogen-bond donors (Lipinski definition) is 3. The summed E-state index contributed by atoms with van der Waals surface area (Å²) in [6.07, 6.45) is -0.319. The first-order chi connectivity index (χ1) is 13.3. The molecule has 0 aliphatic heterocycles. The van der Waals surface area contributed by atoms with Crippen LogP contribution in [0, 0.1) is 13.8 Å². The second kappa shape index (κ2) is 7.56. The van der Waals surface area contributed by atoms with Gasteiger partial charge in [0.05, 0.1) is 12.0 Å². The van der Waals surface area contributed by atoms with Gasteiger partial charge in [-0.2, -0.15) is 0 Å². The van der Waals surface area contributed by atoms with Crippen molar-refractivity contribution < 1.29 is 24.2 Å². The maximum Gasteiger partial charge on any atom is 0.340 e. The van der Waals surface area contributed by atoms with Gasteiger partial charge in [-0.25, -0.2) is 9.59 Å². The minimum atomic E-state index is -1.22. The van der Waals surface area contributed by atoms with E-state index in [0.717, 1.165) is 0 Å². The molecule has 3 aromatic rings. The fraction of sp³-hybridized carbons (Fsp3) is 0.190. The zero-order valence-corrected chi connectivity index (χ0v) is 15.4. The molecule has 144 valence electrons. The fourth-order valence-corrected chi connectivity index (χ4v) is 3.09. The molecule has 0 aliphatic carbocycles. The number of carboxylic acids is 1. The number of nitrogens with one attached hydrogen (secondary N) is 1. The molecule has 0 fully saturated rings. The Hall–Kier alpha value is -3.61. The molecule has 0 saturated carbocycles. The van der Waals surface area contributed by atoms with Gasteiger partial charge < -0.3 is 19.9 Å². The summed E-state index contributed by atoms with van der Waals surface area (Å²) in [5.74, 6) is -1.80. The molecule has 1 atom stereocenters.